The summed E-state index contributed by atoms with van der Waals surface area (Å²) < 4.78 is 32.5. The van der Waals surface area contributed by atoms with Gasteiger partial charge >= 0.3 is 0 Å². The Balaban J connectivity index is 2.53. The van der Waals surface area contributed by atoms with Crippen LogP contribution in [0.15, 0.2) is 51.8 Å². The van der Waals surface area contributed by atoms with Gasteiger partial charge in [-0.1, -0.05) is 18.2 Å². The third-order valence-corrected chi connectivity index (χ3v) is 5.90. The van der Waals surface area contributed by atoms with Gasteiger partial charge in [0.25, 0.3) is 10.0 Å². The molecule has 0 aliphatic heterocycles. The SMILES string of the molecule is COc1ccccc1N(C)S(=O)(=O)c1ccc(C)cc1Br. The number of methoxy groups -OCH3 is 1. The second-order valence-electron chi connectivity index (χ2n) is 4.58. The van der Waals surface area contributed by atoms with Crippen LogP contribution in [0.2, 0.25) is 0 Å². The van der Waals surface area contributed by atoms with Crippen molar-refractivity contribution in [2.45, 2.75) is 11.8 Å². The van der Waals surface area contributed by atoms with Gasteiger partial charge in [0.15, 0.2) is 0 Å². The number of halogens is 1. The van der Waals surface area contributed by atoms with Crippen LogP contribution in [0.25, 0.3) is 0 Å². The molecule has 0 amide bonds. The fourth-order valence-corrected chi connectivity index (χ4v) is 4.34. The number of ether oxygens (including phenoxy) is 1. The minimum atomic E-state index is -3.67. The maximum atomic E-state index is 12.8. The zero-order chi connectivity index (χ0) is 15.6. The summed E-state index contributed by atoms with van der Waals surface area (Å²) in [6.07, 6.45) is 0. The van der Waals surface area contributed by atoms with E-state index in [0.717, 1.165) is 5.56 Å². The summed E-state index contributed by atoms with van der Waals surface area (Å²) in [5.74, 6) is 0.506. The summed E-state index contributed by atoms with van der Waals surface area (Å²) in [5, 5.41) is 0. The number of benzene rings is 2. The molecule has 6 heteroatoms. The highest BCUT2D eigenvalue weighted by molar-refractivity contribution is 9.10. The summed E-state index contributed by atoms with van der Waals surface area (Å²) in [4.78, 5) is 0.224. The van der Waals surface area contributed by atoms with E-state index in [9.17, 15) is 8.42 Å². The molecule has 0 aliphatic carbocycles. The van der Waals surface area contributed by atoms with Gasteiger partial charge in [-0.3, -0.25) is 4.31 Å². The molecule has 2 rings (SSSR count). The highest BCUT2D eigenvalue weighted by Gasteiger charge is 2.25. The maximum Gasteiger partial charge on any atom is 0.265 e. The van der Waals surface area contributed by atoms with E-state index in [2.05, 4.69) is 15.9 Å². The molecular formula is C15H16BrNO3S. The average molecular weight is 370 g/mol. The molecule has 0 N–H and O–H groups in total. The molecular weight excluding hydrogens is 354 g/mol. The van der Waals surface area contributed by atoms with E-state index in [1.54, 1.807) is 42.5 Å². The van der Waals surface area contributed by atoms with Gasteiger partial charge in [0.1, 0.15) is 10.6 Å². The number of rotatable bonds is 4. The fraction of sp³-hybridized carbons (Fsp3) is 0.200. The van der Waals surface area contributed by atoms with Crippen LogP contribution in [0.3, 0.4) is 0 Å². The molecule has 4 nitrogen and oxygen atoms in total. The van der Waals surface area contributed by atoms with Crippen molar-refractivity contribution < 1.29 is 13.2 Å². The molecule has 0 unspecified atom stereocenters. The lowest BCUT2D eigenvalue weighted by Gasteiger charge is -2.22. The number of hydrogen-bond acceptors (Lipinski definition) is 3. The van der Waals surface area contributed by atoms with Crippen molar-refractivity contribution in [3.05, 3.63) is 52.5 Å². The molecule has 0 fully saturated rings. The Morgan fingerprint density at radius 2 is 1.81 bits per heavy atom. The van der Waals surface area contributed by atoms with E-state index in [-0.39, 0.29) is 4.90 Å². The first kappa shape index (κ1) is 15.9. The standard InChI is InChI=1S/C15H16BrNO3S/c1-11-8-9-15(12(16)10-11)21(18,19)17(2)13-6-4-5-7-14(13)20-3/h4-10H,1-3H3. The van der Waals surface area contributed by atoms with Crippen LogP contribution in [0.1, 0.15) is 5.56 Å². The molecule has 0 aromatic heterocycles. The Morgan fingerprint density at radius 1 is 1.14 bits per heavy atom. The molecule has 0 saturated carbocycles. The first-order chi connectivity index (χ1) is 9.87. The number of anilines is 1. The third-order valence-electron chi connectivity index (χ3n) is 3.15. The Bertz CT molecular complexity index is 759. The molecule has 0 saturated heterocycles. The van der Waals surface area contributed by atoms with Crippen molar-refractivity contribution in [2.75, 3.05) is 18.5 Å². The molecule has 0 bridgehead atoms. The monoisotopic (exact) mass is 369 g/mol. The zero-order valence-electron chi connectivity index (χ0n) is 12.0. The van der Waals surface area contributed by atoms with Crippen LogP contribution in [-0.4, -0.2) is 22.6 Å². The van der Waals surface area contributed by atoms with E-state index in [1.165, 1.54) is 18.5 Å². The number of para-hydroxylation sites is 2. The van der Waals surface area contributed by atoms with Crippen molar-refractivity contribution in [2.24, 2.45) is 0 Å². The Kier molecular flexibility index (Phi) is 4.58. The topological polar surface area (TPSA) is 46.6 Å². The highest BCUT2D eigenvalue weighted by atomic mass is 79.9. The van der Waals surface area contributed by atoms with E-state index in [4.69, 9.17) is 4.74 Å². The Hall–Kier alpha value is -1.53. The second-order valence-corrected chi connectivity index (χ2v) is 7.37. The summed E-state index contributed by atoms with van der Waals surface area (Å²) in [5.41, 5.74) is 1.48. The minimum Gasteiger partial charge on any atom is -0.495 e. The molecule has 0 radical (unpaired) electrons. The van der Waals surface area contributed by atoms with Gasteiger partial charge in [0.05, 0.1) is 12.8 Å². The lowest BCUT2D eigenvalue weighted by atomic mass is 10.2. The van der Waals surface area contributed by atoms with Gasteiger partial charge in [-0.05, 0) is 52.7 Å². The molecule has 0 aliphatic rings. The Labute approximate surface area is 133 Å². The lowest BCUT2D eigenvalue weighted by Crippen LogP contribution is -2.27. The van der Waals surface area contributed by atoms with Gasteiger partial charge in [0.2, 0.25) is 0 Å². The number of hydrogen-bond donors (Lipinski definition) is 0. The van der Waals surface area contributed by atoms with Gasteiger partial charge in [-0.2, -0.15) is 0 Å². The average Bonchev–Trinajstić information content (AvgIpc) is 2.46. The molecule has 2 aromatic carbocycles. The van der Waals surface area contributed by atoms with Crippen molar-refractivity contribution in [3.63, 3.8) is 0 Å². The lowest BCUT2D eigenvalue weighted by molar-refractivity contribution is 0.416. The number of nitrogens with zero attached hydrogens (tertiary/aromatic N) is 1. The van der Waals surface area contributed by atoms with Crippen molar-refractivity contribution in [1.82, 2.24) is 0 Å². The largest absolute Gasteiger partial charge is 0.495 e. The summed E-state index contributed by atoms with van der Waals surface area (Å²) in [6.45, 7) is 1.91. The molecule has 0 heterocycles. The van der Waals surface area contributed by atoms with E-state index < -0.39 is 10.0 Å². The second kappa shape index (κ2) is 6.07. The molecule has 2 aromatic rings. The molecule has 21 heavy (non-hydrogen) atoms. The summed E-state index contributed by atoms with van der Waals surface area (Å²) >= 11 is 3.32. The first-order valence-electron chi connectivity index (χ1n) is 6.26. The van der Waals surface area contributed by atoms with Crippen LogP contribution < -0.4 is 9.04 Å². The van der Waals surface area contributed by atoms with Crippen LogP contribution in [0.5, 0.6) is 5.75 Å². The highest BCUT2D eigenvalue weighted by Crippen LogP contribution is 2.33. The first-order valence-corrected chi connectivity index (χ1v) is 8.49. The predicted molar refractivity (Wildman–Crippen MR) is 87.5 cm³/mol. The van der Waals surface area contributed by atoms with Crippen molar-refractivity contribution >= 4 is 31.6 Å². The number of aryl methyl sites for hydroxylation is 1. The van der Waals surface area contributed by atoms with Gasteiger partial charge in [-0.25, -0.2) is 8.42 Å². The Morgan fingerprint density at radius 3 is 2.43 bits per heavy atom. The molecule has 112 valence electrons. The van der Waals surface area contributed by atoms with Crippen LogP contribution in [0, 0.1) is 6.92 Å². The van der Waals surface area contributed by atoms with Crippen LogP contribution >= 0.6 is 15.9 Å². The minimum absolute atomic E-state index is 0.224. The summed E-state index contributed by atoms with van der Waals surface area (Å²) in [7, 11) is -0.637. The van der Waals surface area contributed by atoms with E-state index >= 15 is 0 Å². The third kappa shape index (κ3) is 3.06. The van der Waals surface area contributed by atoms with Crippen molar-refractivity contribution in [1.29, 1.82) is 0 Å². The summed E-state index contributed by atoms with van der Waals surface area (Å²) in [6, 6.07) is 12.2. The van der Waals surface area contributed by atoms with Gasteiger partial charge in [0, 0.05) is 11.5 Å². The quantitative estimate of drug-likeness (QED) is 0.826. The van der Waals surface area contributed by atoms with Crippen LogP contribution in [0.4, 0.5) is 5.69 Å². The molecule has 0 atom stereocenters. The smallest absolute Gasteiger partial charge is 0.265 e. The van der Waals surface area contributed by atoms with E-state index in [0.29, 0.717) is 15.9 Å². The van der Waals surface area contributed by atoms with Gasteiger partial charge in [-0.15, -0.1) is 0 Å². The van der Waals surface area contributed by atoms with Crippen molar-refractivity contribution in [3.8, 4) is 5.75 Å². The normalized spacial score (nSPS) is 11.2. The predicted octanol–water partition coefficient (Wildman–Crippen LogP) is 3.59. The fourth-order valence-electron chi connectivity index (χ4n) is 1.98. The van der Waals surface area contributed by atoms with E-state index in [1.807, 2.05) is 6.92 Å². The molecule has 0 spiro atoms. The van der Waals surface area contributed by atoms with Gasteiger partial charge < -0.3 is 4.74 Å². The van der Waals surface area contributed by atoms with Crippen LogP contribution in [-0.2, 0) is 10.0 Å². The maximum absolute atomic E-state index is 12.8. The zero-order valence-corrected chi connectivity index (χ0v) is 14.4. The number of sulfonamides is 1.